The highest BCUT2D eigenvalue weighted by molar-refractivity contribution is 4.78. The van der Waals surface area contributed by atoms with Crippen molar-refractivity contribution in [2.75, 3.05) is 47.1 Å². The van der Waals surface area contributed by atoms with E-state index in [0.29, 0.717) is 18.0 Å². The Morgan fingerprint density at radius 1 is 1.11 bits per heavy atom. The number of nitrogens with one attached hydrogen (secondary N) is 1. The van der Waals surface area contributed by atoms with E-state index in [9.17, 15) is 0 Å². The van der Waals surface area contributed by atoms with Crippen LogP contribution in [0.5, 0.6) is 0 Å². The zero-order valence-electron chi connectivity index (χ0n) is 13.7. The van der Waals surface area contributed by atoms with Crippen molar-refractivity contribution in [3.8, 4) is 0 Å². The van der Waals surface area contributed by atoms with Crippen molar-refractivity contribution in [3.05, 3.63) is 0 Å². The van der Waals surface area contributed by atoms with E-state index in [0.717, 1.165) is 32.8 Å². The van der Waals surface area contributed by atoms with Gasteiger partial charge in [0.15, 0.2) is 0 Å². The summed E-state index contributed by atoms with van der Waals surface area (Å²) in [5, 5.41) is 3.65. The van der Waals surface area contributed by atoms with Crippen LogP contribution in [0.2, 0.25) is 0 Å². The van der Waals surface area contributed by atoms with E-state index in [2.05, 4.69) is 37.9 Å². The Bertz CT molecular complexity index is 201. The molecule has 19 heavy (non-hydrogen) atoms. The lowest BCUT2D eigenvalue weighted by molar-refractivity contribution is 0.0648. The van der Waals surface area contributed by atoms with Gasteiger partial charge < -0.3 is 14.8 Å². The van der Waals surface area contributed by atoms with Crippen molar-refractivity contribution in [2.24, 2.45) is 5.92 Å². The van der Waals surface area contributed by atoms with Gasteiger partial charge in [-0.15, -0.1) is 0 Å². The van der Waals surface area contributed by atoms with Crippen molar-refractivity contribution < 1.29 is 9.47 Å². The van der Waals surface area contributed by atoms with Crippen LogP contribution in [0, 0.1) is 5.92 Å². The third-order valence-corrected chi connectivity index (χ3v) is 3.51. The van der Waals surface area contributed by atoms with E-state index in [4.69, 9.17) is 9.47 Å². The van der Waals surface area contributed by atoms with E-state index in [1.807, 2.05) is 0 Å². The summed E-state index contributed by atoms with van der Waals surface area (Å²) in [4.78, 5) is 2.46. The highest BCUT2D eigenvalue weighted by Crippen LogP contribution is 2.08. The first-order chi connectivity index (χ1) is 9.06. The van der Waals surface area contributed by atoms with E-state index in [-0.39, 0.29) is 0 Å². The van der Waals surface area contributed by atoms with Gasteiger partial charge in [-0.05, 0) is 25.8 Å². The monoisotopic (exact) mass is 274 g/mol. The molecule has 0 aliphatic rings. The quantitative estimate of drug-likeness (QED) is 0.590. The van der Waals surface area contributed by atoms with Crippen LogP contribution in [0.3, 0.4) is 0 Å². The van der Waals surface area contributed by atoms with Crippen LogP contribution in [0.25, 0.3) is 0 Å². The zero-order valence-corrected chi connectivity index (χ0v) is 13.7. The molecule has 0 spiro atoms. The molecule has 116 valence electrons. The van der Waals surface area contributed by atoms with Gasteiger partial charge in [0.25, 0.3) is 0 Å². The molecule has 2 atom stereocenters. The fourth-order valence-corrected chi connectivity index (χ4v) is 2.14. The molecule has 0 radical (unpaired) electrons. The van der Waals surface area contributed by atoms with Gasteiger partial charge in [0.2, 0.25) is 0 Å². The Morgan fingerprint density at radius 2 is 1.79 bits per heavy atom. The molecular formula is C15H34N2O2. The Hall–Kier alpha value is -0.160. The number of nitrogens with zero attached hydrogens (tertiary/aromatic N) is 1. The first kappa shape index (κ1) is 18.8. The molecule has 0 saturated heterocycles. The number of methoxy groups -OCH3 is 2. The lowest BCUT2D eigenvalue weighted by Crippen LogP contribution is -2.49. The average molecular weight is 274 g/mol. The molecule has 4 heteroatoms. The van der Waals surface area contributed by atoms with Crippen LogP contribution in [0.15, 0.2) is 0 Å². The summed E-state index contributed by atoms with van der Waals surface area (Å²) in [5.74, 6) is 0.631. The maximum atomic E-state index is 5.28. The molecule has 0 aliphatic carbocycles. The van der Waals surface area contributed by atoms with Crippen LogP contribution < -0.4 is 5.32 Å². The standard InChI is InChI=1S/C15H34N2O2/c1-7-8-16-15(13(2)3)11-17(9-10-18-5)14(4)12-19-6/h13-16H,7-12H2,1-6H3. The van der Waals surface area contributed by atoms with E-state index < -0.39 is 0 Å². The number of ether oxygens (including phenoxy) is 2. The van der Waals surface area contributed by atoms with Gasteiger partial charge >= 0.3 is 0 Å². The highest BCUT2D eigenvalue weighted by Gasteiger charge is 2.20. The van der Waals surface area contributed by atoms with Gasteiger partial charge in [-0.3, -0.25) is 4.90 Å². The van der Waals surface area contributed by atoms with E-state index in [1.54, 1.807) is 14.2 Å². The normalized spacial score (nSPS) is 15.2. The fourth-order valence-electron chi connectivity index (χ4n) is 2.14. The molecule has 0 heterocycles. The van der Waals surface area contributed by atoms with Crippen LogP contribution >= 0.6 is 0 Å². The zero-order chi connectivity index (χ0) is 14.7. The summed E-state index contributed by atoms with van der Waals surface area (Å²) >= 11 is 0. The molecule has 0 aliphatic heterocycles. The minimum atomic E-state index is 0.421. The van der Waals surface area contributed by atoms with Crippen LogP contribution in [0.4, 0.5) is 0 Å². The molecule has 0 aromatic rings. The van der Waals surface area contributed by atoms with E-state index >= 15 is 0 Å². The van der Waals surface area contributed by atoms with Gasteiger partial charge in [-0.2, -0.15) is 0 Å². The first-order valence-electron chi connectivity index (χ1n) is 7.52. The molecule has 0 aromatic carbocycles. The number of hydrogen-bond donors (Lipinski definition) is 1. The minimum absolute atomic E-state index is 0.421. The van der Waals surface area contributed by atoms with Crippen molar-refractivity contribution in [1.29, 1.82) is 0 Å². The fraction of sp³-hybridized carbons (Fsp3) is 1.00. The third-order valence-electron chi connectivity index (χ3n) is 3.51. The van der Waals surface area contributed by atoms with Gasteiger partial charge in [-0.1, -0.05) is 20.8 Å². The van der Waals surface area contributed by atoms with Crippen molar-refractivity contribution in [2.45, 2.75) is 46.2 Å². The van der Waals surface area contributed by atoms with Crippen LogP contribution in [-0.4, -0.2) is 64.1 Å². The van der Waals surface area contributed by atoms with Crippen LogP contribution in [-0.2, 0) is 9.47 Å². The summed E-state index contributed by atoms with van der Waals surface area (Å²) in [6, 6.07) is 0.945. The largest absolute Gasteiger partial charge is 0.383 e. The maximum Gasteiger partial charge on any atom is 0.0615 e. The molecule has 0 fully saturated rings. The van der Waals surface area contributed by atoms with Gasteiger partial charge in [0.05, 0.1) is 13.2 Å². The molecule has 0 rings (SSSR count). The van der Waals surface area contributed by atoms with Gasteiger partial charge in [0, 0.05) is 39.4 Å². The summed E-state index contributed by atoms with van der Waals surface area (Å²) in [5.41, 5.74) is 0. The SMILES string of the molecule is CCCNC(CN(CCOC)C(C)COC)C(C)C. The lowest BCUT2D eigenvalue weighted by atomic mass is 10.0. The molecule has 0 bridgehead atoms. The second-order valence-corrected chi connectivity index (χ2v) is 5.60. The summed E-state index contributed by atoms with van der Waals surface area (Å²) in [6.07, 6.45) is 1.18. The summed E-state index contributed by atoms with van der Waals surface area (Å²) in [6.45, 7) is 13.6. The molecule has 0 amide bonds. The molecule has 1 N–H and O–H groups in total. The van der Waals surface area contributed by atoms with Gasteiger partial charge in [-0.25, -0.2) is 0 Å². The molecular weight excluding hydrogens is 240 g/mol. The van der Waals surface area contributed by atoms with Crippen molar-refractivity contribution in [3.63, 3.8) is 0 Å². The first-order valence-corrected chi connectivity index (χ1v) is 7.52. The summed E-state index contributed by atoms with van der Waals surface area (Å²) in [7, 11) is 3.52. The Labute approximate surface area is 119 Å². The van der Waals surface area contributed by atoms with Crippen LogP contribution in [0.1, 0.15) is 34.1 Å². The Kier molecular flexibility index (Phi) is 11.6. The average Bonchev–Trinajstić information content (AvgIpc) is 2.37. The second-order valence-electron chi connectivity index (χ2n) is 5.60. The molecule has 0 aromatic heterocycles. The lowest BCUT2D eigenvalue weighted by Gasteiger charge is -2.34. The minimum Gasteiger partial charge on any atom is -0.383 e. The van der Waals surface area contributed by atoms with Crippen molar-refractivity contribution >= 4 is 0 Å². The topological polar surface area (TPSA) is 33.7 Å². The number of rotatable bonds is 12. The second kappa shape index (κ2) is 11.6. The maximum absolute atomic E-state index is 5.28. The number of hydrogen-bond acceptors (Lipinski definition) is 4. The molecule has 4 nitrogen and oxygen atoms in total. The van der Waals surface area contributed by atoms with E-state index in [1.165, 1.54) is 6.42 Å². The summed E-state index contributed by atoms with van der Waals surface area (Å²) < 4.78 is 10.5. The predicted octanol–water partition coefficient (Wildman–Crippen LogP) is 1.99. The molecule has 2 unspecified atom stereocenters. The van der Waals surface area contributed by atoms with Gasteiger partial charge in [0.1, 0.15) is 0 Å². The Balaban J connectivity index is 4.45. The van der Waals surface area contributed by atoms with Crippen molar-refractivity contribution in [1.82, 2.24) is 10.2 Å². The third kappa shape index (κ3) is 8.58. The molecule has 0 saturated carbocycles. The highest BCUT2D eigenvalue weighted by atomic mass is 16.5. The predicted molar refractivity (Wildman–Crippen MR) is 81.7 cm³/mol. The smallest absolute Gasteiger partial charge is 0.0615 e. The Morgan fingerprint density at radius 3 is 2.26 bits per heavy atom.